The SMILES string of the molecule is CCCCCCCCCCCCCCCC(=O)NN=Cc1ccc(OC(=O)c2ccc(OC)cc2)c(OC)c1. The summed E-state index contributed by atoms with van der Waals surface area (Å²) in [5.41, 5.74) is 3.69. The highest BCUT2D eigenvalue weighted by Gasteiger charge is 2.13. The van der Waals surface area contributed by atoms with Gasteiger partial charge in [-0.05, 0) is 54.4 Å². The Bertz CT molecular complexity index is 1000. The van der Waals surface area contributed by atoms with E-state index in [2.05, 4.69) is 17.5 Å². The third-order valence-corrected chi connectivity index (χ3v) is 6.63. The summed E-state index contributed by atoms with van der Waals surface area (Å²) < 4.78 is 16.0. The molecule has 2 aromatic rings. The Balaban J connectivity index is 1.62. The maximum absolute atomic E-state index is 12.5. The lowest BCUT2D eigenvalue weighted by Crippen LogP contribution is -2.16. The van der Waals surface area contributed by atoms with Crippen LogP contribution in [0.3, 0.4) is 0 Å². The fraction of sp³-hybridized carbons (Fsp3) is 0.531. The Labute approximate surface area is 234 Å². The molecule has 2 rings (SSSR count). The summed E-state index contributed by atoms with van der Waals surface area (Å²) in [5, 5.41) is 4.05. The molecule has 0 atom stereocenters. The number of rotatable bonds is 20. The summed E-state index contributed by atoms with van der Waals surface area (Å²) in [7, 11) is 3.06. The summed E-state index contributed by atoms with van der Waals surface area (Å²) >= 11 is 0. The van der Waals surface area contributed by atoms with Gasteiger partial charge in [-0.15, -0.1) is 0 Å². The van der Waals surface area contributed by atoms with Gasteiger partial charge < -0.3 is 14.2 Å². The number of carbonyl (C=O) groups is 2. The summed E-state index contributed by atoms with van der Waals surface area (Å²) in [6.45, 7) is 2.26. The molecule has 39 heavy (non-hydrogen) atoms. The monoisotopic (exact) mass is 538 g/mol. The van der Waals surface area contributed by atoms with Gasteiger partial charge in [0.05, 0.1) is 26.0 Å². The average molecular weight is 539 g/mol. The first-order valence-electron chi connectivity index (χ1n) is 14.4. The number of hydrogen-bond acceptors (Lipinski definition) is 6. The first kappa shape index (κ1) is 31.9. The minimum absolute atomic E-state index is 0.0914. The van der Waals surface area contributed by atoms with Crippen LogP contribution in [0, 0.1) is 0 Å². The van der Waals surface area contributed by atoms with Gasteiger partial charge in [-0.25, -0.2) is 10.2 Å². The predicted octanol–water partition coefficient (Wildman–Crippen LogP) is 7.85. The molecule has 0 aliphatic rings. The van der Waals surface area contributed by atoms with Crippen molar-refractivity contribution in [2.45, 2.75) is 96.8 Å². The number of nitrogens with zero attached hydrogens (tertiary/aromatic N) is 1. The zero-order valence-corrected chi connectivity index (χ0v) is 24.0. The molecule has 0 radical (unpaired) electrons. The van der Waals surface area contributed by atoms with Crippen LogP contribution >= 0.6 is 0 Å². The lowest BCUT2D eigenvalue weighted by atomic mass is 10.0. The standard InChI is InChI=1S/C32H46N2O5/c1-4-5-6-7-8-9-10-11-12-13-14-15-16-17-31(35)34-33-25-26-18-23-29(30(24-26)38-3)39-32(36)27-19-21-28(37-2)22-20-27/h18-25H,4-17H2,1-3H3,(H,34,35). The number of hydrazone groups is 1. The largest absolute Gasteiger partial charge is 0.497 e. The lowest BCUT2D eigenvalue weighted by Gasteiger charge is -2.10. The van der Waals surface area contributed by atoms with E-state index in [9.17, 15) is 9.59 Å². The molecule has 0 heterocycles. The van der Waals surface area contributed by atoms with Gasteiger partial charge >= 0.3 is 5.97 Å². The van der Waals surface area contributed by atoms with Crippen molar-refractivity contribution in [1.82, 2.24) is 5.43 Å². The number of esters is 1. The molecule has 0 saturated carbocycles. The molecular weight excluding hydrogens is 492 g/mol. The van der Waals surface area contributed by atoms with Crippen LogP contribution in [0.5, 0.6) is 17.2 Å². The molecule has 7 heteroatoms. The van der Waals surface area contributed by atoms with Gasteiger partial charge in [0.25, 0.3) is 0 Å². The fourth-order valence-corrected chi connectivity index (χ4v) is 4.27. The van der Waals surface area contributed by atoms with Crippen LogP contribution in [0.1, 0.15) is 113 Å². The van der Waals surface area contributed by atoms with Gasteiger partial charge in [-0.3, -0.25) is 4.79 Å². The molecular formula is C32H46N2O5. The molecule has 2 aromatic carbocycles. The Kier molecular flexibility index (Phi) is 16.1. The van der Waals surface area contributed by atoms with Crippen LogP contribution in [-0.4, -0.2) is 32.3 Å². The Morgan fingerprint density at radius 3 is 1.90 bits per heavy atom. The number of ether oxygens (including phenoxy) is 3. The second kappa shape index (κ2) is 19.7. The van der Waals surface area contributed by atoms with E-state index in [1.165, 1.54) is 77.7 Å². The quantitative estimate of drug-likeness (QED) is 0.0610. The van der Waals surface area contributed by atoms with E-state index in [0.29, 0.717) is 34.8 Å². The number of nitrogens with one attached hydrogen (secondary N) is 1. The normalized spacial score (nSPS) is 10.9. The number of amides is 1. The van der Waals surface area contributed by atoms with Gasteiger partial charge in [0.15, 0.2) is 11.5 Å². The van der Waals surface area contributed by atoms with Crippen LogP contribution in [0.25, 0.3) is 0 Å². The van der Waals surface area contributed by atoms with E-state index in [0.717, 1.165) is 12.8 Å². The van der Waals surface area contributed by atoms with E-state index in [-0.39, 0.29) is 5.91 Å². The number of benzene rings is 2. The minimum atomic E-state index is -0.502. The smallest absolute Gasteiger partial charge is 0.343 e. The van der Waals surface area contributed by atoms with E-state index in [1.807, 2.05) is 0 Å². The van der Waals surface area contributed by atoms with Crippen molar-refractivity contribution in [2.24, 2.45) is 5.10 Å². The summed E-state index contributed by atoms with van der Waals surface area (Å²) in [6, 6.07) is 11.7. The summed E-state index contributed by atoms with van der Waals surface area (Å²) in [4.78, 5) is 24.5. The summed E-state index contributed by atoms with van der Waals surface area (Å²) in [5.74, 6) is 0.745. The van der Waals surface area contributed by atoms with Crippen LogP contribution in [0.2, 0.25) is 0 Å². The average Bonchev–Trinajstić information content (AvgIpc) is 2.96. The van der Waals surface area contributed by atoms with E-state index >= 15 is 0 Å². The van der Waals surface area contributed by atoms with Crippen LogP contribution in [-0.2, 0) is 4.79 Å². The highest BCUT2D eigenvalue weighted by Crippen LogP contribution is 2.28. The minimum Gasteiger partial charge on any atom is -0.497 e. The molecule has 0 aromatic heterocycles. The molecule has 0 saturated heterocycles. The van der Waals surface area contributed by atoms with Crippen molar-refractivity contribution < 1.29 is 23.8 Å². The Hall–Kier alpha value is -3.35. The maximum Gasteiger partial charge on any atom is 0.343 e. The molecule has 0 bridgehead atoms. The summed E-state index contributed by atoms with van der Waals surface area (Å²) in [6.07, 6.45) is 18.6. The van der Waals surface area contributed by atoms with Gasteiger partial charge in [-0.2, -0.15) is 5.10 Å². The van der Waals surface area contributed by atoms with Crippen LogP contribution in [0.4, 0.5) is 0 Å². The fourth-order valence-electron chi connectivity index (χ4n) is 4.27. The van der Waals surface area contributed by atoms with Crippen molar-refractivity contribution in [3.8, 4) is 17.2 Å². The zero-order valence-electron chi connectivity index (χ0n) is 24.0. The van der Waals surface area contributed by atoms with Crippen molar-refractivity contribution in [2.75, 3.05) is 14.2 Å². The highest BCUT2D eigenvalue weighted by molar-refractivity contribution is 5.91. The van der Waals surface area contributed by atoms with Crippen molar-refractivity contribution in [1.29, 1.82) is 0 Å². The predicted molar refractivity (Wildman–Crippen MR) is 157 cm³/mol. The number of carbonyl (C=O) groups excluding carboxylic acids is 2. The third-order valence-electron chi connectivity index (χ3n) is 6.63. The molecule has 0 aliphatic carbocycles. The first-order valence-corrected chi connectivity index (χ1v) is 14.4. The number of methoxy groups -OCH3 is 2. The van der Waals surface area contributed by atoms with E-state index in [4.69, 9.17) is 14.2 Å². The zero-order chi connectivity index (χ0) is 28.1. The lowest BCUT2D eigenvalue weighted by molar-refractivity contribution is -0.121. The van der Waals surface area contributed by atoms with Crippen molar-refractivity contribution in [3.63, 3.8) is 0 Å². The van der Waals surface area contributed by atoms with Crippen molar-refractivity contribution in [3.05, 3.63) is 53.6 Å². The molecule has 0 unspecified atom stereocenters. The van der Waals surface area contributed by atoms with Gasteiger partial charge in [0, 0.05) is 6.42 Å². The van der Waals surface area contributed by atoms with Gasteiger partial charge in [0.1, 0.15) is 5.75 Å². The molecule has 1 N–H and O–H groups in total. The Morgan fingerprint density at radius 2 is 1.33 bits per heavy atom. The topological polar surface area (TPSA) is 86.2 Å². The number of unbranched alkanes of at least 4 members (excludes halogenated alkanes) is 12. The molecule has 214 valence electrons. The van der Waals surface area contributed by atoms with Crippen molar-refractivity contribution >= 4 is 18.1 Å². The van der Waals surface area contributed by atoms with Gasteiger partial charge in [0.2, 0.25) is 5.91 Å². The highest BCUT2D eigenvalue weighted by atomic mass is 16.6. The molecule has 0 fully saturated rings. The first-order chi connectivity index (χ1) is 19.1. The maximum atomic E-state index is 12.5. The van der Waals surface area contributed by atoms with Crippen LogP contribution in [0.15, 0.2) is 47.6 Å². The molecule has 1 amide bonds. The van der Waals surface area contributed by atoms with Crippen LogP contribution < -0.4 is 19.6 Å². The second-order valence-electron chi connectivity index (χ2n) is 9.81. The number of hydrogen-bond donors (Lipinski definition) is 1. The van der Waals surface area contributed by atoms with Gasteiger partial charge in [-0.1, -0.05) is 84.0 Å². The second-order valence-corrected chi connectivity index (χ2v) is 9.81. The third kappa shape index (κ3) is 13.3. The van der Waals surface area contributed by atoms with E-state index in [1.54, 1.807) is 55.8 Å². The molecule has 0 spiro atoms. The molecule has 7 nitrogen and oxygen atoms in total. The Morgan fingerprint density at radius 1 is 0.744 bits per heavy atom. The molecule has 0 aliphatic heterocycles. The van der Waals surface area contributed by atoms with E-state index < -0.39 is 5.97 Å².